The number of benzene rings is 1. The molecular weight excluding hydrogens is 363 g/mol. The fraction of sp³-hybridized carbons (Fsp3) is 0.167. The lowest BCUT2D eigenvalue weighted by atomic mass is 10.1. The molecule has 1 heterocycles. The van der Waals surface area contributed by atoms with Gasteiger partial charge in [-0.1, -0.05) is 23.7 Å². The first-order valence-electron chi connectivity index (χ1n) is 5.21. The van der Waals surface area contributed by atoms with Crippen LogP contribution in [-0.2, 0) is 12.7 Å². The molecule has 1 aromatic carbocycles. The Morgan fingerprint density at radius 3 is 2.53 bits per heavy atom. The summed E-state index contributed by atoms with van der Waals surface area (Å²) >= 11 is 10.5. The number of para-hydroxylation sites is 1. The van der Waals surface area contributed by atoms with E-state index in [9.17, 15) is 13.2 Å². The summed E-state index contributed by atoms with van der Waals surface area (Å²) in [6.07, 6.45) is -4.36. The van der Waals surface area contributed by atoms with Crippen LogP contribution in [0.15, 0.2) is 34.8 Å². The van der Waals surface area contributed by atoms with Crippen LogP contribution in [0.1, 0.15) is 10.4 Å². The average Bonchev–Trinajstić information content (AvgIpc) is 2.65. The van der Waals surface area contributed by atoms with Crippen molar-refractivity contribution in [1.29, 1.82) is 0 Å². The Hall–Kier alpha value is -0.720. The third-order valence-electron chi connectivity index (χ3n) is 2.38. The number of halogens is 5. The van der Waals surface area contributed by atoms with E-state index in [-0.39, 0.29) is 5.69 Å². The second kappa shape index (κ2) is 5.73. The van der Waals surface area contributed by atoms with Crippen LogP contribution >= 0.6 is 38.9 Å². The van der Waals surface area contributed by atoms with Crippen molar-refractivity contribution in [3.05, 3.63) is 49.6 Å². The zero-order valence-electron chi connectivity index (χ0n) is 9.39. The highest BCUT2D eigenvalue weighted by Gasteiger charge is 2.33. The summed E-state index contributed by atoms with van der Waals surface area (Å²) in [6, 6.07) is 7.18. The molecule has 1 nitrogen and oxygen atoms in total. The quantitative estimate of drug-likeness (QED) is 0.720. The molecule has 2 rings (SSSR count). The number of rotatable bonds is 3. The highest BCUT2D eigenvalue weighted by atomic mass is 79.9. The molecule has 102 valence electrons. The summed E-state index contributed by atoms with van der Waals surface area (Å²) in [6.45, 7) is 0.295. The maximum Gasteiger partial charge on any atom is 0.418 e. The van der Waals surface area contributed by atoms with E-state index in [4.69, 9.17) is 11.6 Å². The first kappa shape index (κ1) is 14.7. The summed E-state index contributed by atoms with van der Waals surface area (Å²) in [5.74, 6) is 0. The van der Waals surface area contributed by atoms with E-state index in [0.29, 0.717) is 10.9 Å². The summed E-state index contributed by atoms with van der Waals surface area (Å²) in [7, 11) is 0. The molecule has 0 saturated carbocycles. The van der Waals surface area contributed by atoms with Gasteiger partial charge in [0.2, 0.25) is 0 Å². The topological polar surface area (TPSA) is 12.0 Å². The van der Waals surface area contributed by atoms with Gasteiger partial charge in [0, 0.05) is 21.6 Å². The molecule has 0 unspecified atom stereocenters. The summed E-state index contributed by atoms with van der Waals surface area (Å²) in [5.41, 5.74) is -0.604. The van der Waals surface area contributed by atoms with Crippen molar-refractivity contribution < 1.29 is 13.2 Å². The van der Waals surface area contributed by atoms with Gasteiger partial charge in [0.1, 0.15) is 4.34 Å². The van der Waals surface area contributed by atoms with E-state index >= 15 is 0 Å². The number of nitrogens with one attached hydrogen (secondary N) is 1. The fourth-order valence-electron chi connectivity index (χ4n) is 1.55. The average molecular weight is 371 g/mol. The Morgan fingerprint density at radius 1 is 1.26 bits per heavy atom. The SMILES string of the molecule is FC(F)(F)c1ccccc1NCc1cc(Br)c(Cl)s1. The Labute approximate surface area is 125 Å². The van der Waals surface area contributed by atoms with Crippen molar-refractivity contribution in [2.75, 3.05) is 5.32 Å². The number of hydrogen-bond donors (Lipinski definition) is 1. The van der Waals surface area contributed by atoms with Gasteiger partial charge in [-0.15, -0.1) is 11.3 Å². The normalized spacial score (nSPS) is 11.6. The third-order valence-corrected chi connectivity index (χ3v) is 4.86. The van der Waals surface area contributed by atoms with Gasteiger partial charge in [-0.2, -0.15) is 13.2 Å². The molecule has 0 bridgehead atoms. The molecule has 0 fully saturated rings. The number of thiophene rings is 1. The van der Waals surface area contributed by atoms with Crippen molar-refractivity contribution in [3.63, 3.8) is 0 Å². The van der Waals surface area contributed by atoms with Gasteiger partial charge in [0.25, 0.3) is 0 Å². The minimum Gasteiger partial charge on any atom is -0.380 e. The Kier molecular flexibility index (Phi) is 4.43. The van der Waals surface area contributed by atoms with Crippen LogP contribution in [0.3, 0.4) is 0 Å². The van der Waals surface area contributed by atoms with E-state index in [1.165, 1.54) is 23.5 Å². The van der Waals surface area contributed by atoms with Crippen molar-refractivity contribution in [3.8, 4) is 0 Å². The highest BCUT2D eigenvalue weighted by Crippen LogP contribution is 2.36. The summed E-state index contributed by atoms with van der Waals surface area (Å²) in [5, 5.41) is 2.79. The number of alkyl halides is 3. The maximum atomic E-state index is 12.8. The lowest BCUT2D eigenvalue weighted by molar-refractivity contribution is -0.136. The van der Waals surface area contributed by atoms with Crippen molar-refractivity contribution in [1.82, 2.24) is 0 Å². The van der Waals surface area contributed by atoms with E-state index in [0.717, 1.165) is 15.4 Å². The minimum atomic E-state index is -4.36. The van der Waals surface area contributed by atoms with Crippen LogP contribution in [0.25, 0.3) is 0 Å². The zero-order chi connectivity index (χ0) is 14.0. The molecule has 0 spiro atoms. The predicted molar refractivity (Wildman–Crippen MR) is 75.8 cm³/mol. The van der Waals surface area contributed by atoms with Crippen LogP contribution in [0, 0.1) is 0 Å². The largest absolute Gasteiger partial charge is 0.418 e. The lowest BCUT2D eigenvalue weighted by Gasteiger charge is -2.13. The van der Waals surface area contributed by atoms with E-state index in [1.807, 2.05) is 0 Å². The fourth-order valence-corrected chi connectivity index (χ4v) is 3.28. The maximum absolute atomic E-state index is 12.8. The van der Waals surface area contributed by atoms with Gasteiger partial charge in [-0.3, -0.25) is 0 Å². The van der Waals surface area contributed by atoms with Crippen molar-refractivity contribution in [2.24, 2.45) is 0 Å². The molecule has 19 heavy (non-hydrogen) atoms. The molecule has 0 atom stereocenters. The van der Waals surface area contributed by atoms with Crippen LogP contribution in [0.2, 0.25) is 4.34 Å². The molecule has 7 heteroatoms. The molecule has 0 saturated heterocycles. The smallest absolute Gasteiger partial charge is 0.380 e. The highest BCUT2D eigenvalue weighted by molar-refractivity contribution is 9.10. The van der Waals surface area contributed by atoms with Gasteiger partial charge in [-0.05, 0) is 34.1 Å². The second-order valence-corrected chi connectivity index (χ2v) is 6.32. The number of hydrogen-bond acceptors (Lipinski definition) is 2. The van der Waals surface area contributed by atoms with Gasteiger partial charge in [0.05, 0.1) is 5.56 Å². The van der Waals surface area contributed by atoms with Crippen LogP contribution in [0.4, 0.5) is 18.9 Å². The Morgan fingerprint density at radius 2 is 1.95 bits per heavy atom. The van der Waals surface area contributed by atoms with Gasteiger partial charge in [0.15, 0.2) is 0 Å². The molecule has 2 aromatic rings. The molecule has 1 aromatic heterocycles. The lowest BCUT2D eigenvalue weighted by Crippen LogP contribution is -2.10. The second-order valence-electron chi connectivity index (χ2n) is 3.73. The van der Waals surface area contributed by atoms with Crippen molar-refractivity contribution in [2.45, 2.75) is 12.7 Å². The van der Waals surface area contributed by atoms with Gasteiger partial charge < -0.3 is 5.32 Å². The summed E-state index contributed by atoms with van der Waals surface area (Å²) < 4.78 is 39.7. The Balaban J connectivity index is 2.16. The molecule has 0 aliphatic carbocycles. The van der Waals surface area contributed by atoms with Gasteiger partial charge in [-0.25, -0.2) is 0 Å². The molecule has 1 N–H and O–H groups in total. The summed E-state index contributed by atoms with van der Waals surface area (Å²) in [4.78, 5) is 0.855. The van der Waals surface area contributed by atoms with Crippen LogP contribution in [0.5, 0.6) is 0 Å². The predicted octanol–water partition coefficient (Wildman–Crippen LogP) is 5.79. The van der Waals surface area contributed by atoms with E-state index in [1.54, 1.807) is 12.1 Å². The van der Waals surface area contributed by atoms with Crippen molar-refractivity contribution >= 4 is 44.6 Å². The molecular formula is C12H8BrClF3NS. The van der Waals surface area contributed by atoms with E-state index in [2.05, 4.69) is 21.2 Å². The van der Waals surface area contributed by atoms with Crippen LogP contribution in [-0.4, -0.2) is 0 Å². The minimum absolute atomic E-state index is 0.0654. The molecule has 0 aliphatic rings. The number of anilines is 1. The molecule has 0 aliphatic heterocycles. The van der Waals surface area contributed by atoms with E-state index < -0.39 is 11.7 Å². The first-order chi connectivity index (χ1) is 8.88. The molecule has 0 amide bonds. The van der Waals surface area contributed by atoms with Gasteiger partial charge >= 0.3 is 6.18 Å². The van der Waals surface area contributed by atoms with Crippen LogP contribution < -0.4 is 5.32 Å². The Bertz CT molecular complexity index is 563. The third kappa shape index (κ3) is 3.64. The standard InChI is InChI=1S/C12H8BrClF3NS/c13-9-5-7(19-11(9)14)6-18-10-4-2-1-3-8(10)12(15,16)17/h1-5,18H,6H2. The molecule has 0 radical (unpaired) electrons. The zero-order valence-corrected chi connectivity index (χ0v) is 12.6. The first-order valence-corrected chi connectivity index (χ1v) is 7.20. The monoisotopic (exact) mass is 369 g/mol.